The molecule has 1 aliphatic rings. The third-order valence-corrected chi connectivity index (χ3v) is 4.20. The lowest BCUT2D eigenvalue weighted by molar-refractivity contribution is 0.491. The van der Waals surface area contributed by atoms with E-state index >= 15 is 0 Å². The molecule has 1 aliphatic carbocycles. The van der Waals surface area contributed by atoms with Crippen LogP contribution in [0.25, 0.3) is 0 Å². The third-order valence-electron chi connectivity index (χ3n) is 3.22. The van der Waals surface area contributed by atoms with Gasteiger partial charge in [-0.15, -0.1) is 0 Å². The minimum Gasteiger partial charge on any atom is -0.314 e. The van der Waals surface area contributed by atoms with E-state index in [-0.39, 0.29) is 5.75 Å². The molecule has 0 saturated heterocycles. The number of sulfone groups is 1. The first-order valence-electron chi connectivity index (χ1n) is 6.60. The fraction of sp³-hybridized carbons (Fsp3) is 0.846. The fourth-order valence-electron chi connectivity index (χ4n) is 2.33. The van der Waals surface area contributed by atoms with Gasteiger partial charge in [-0.2, -0.15) is 0 Å². The molecule has 1 unspecified atom stereocenters. The van der Waals surface area contributed by atoms with Gasteiger partial charge in [0.2, 0.25) is 0 Å². The van der Waals surface area contributed by atoms with Gasteiger partial charge in [0.1, 0.15) is 9.84 Å². The summed E-state index contributed by atoms with van der Waals surface area (Å²) in [5.74, 6) is 0.290. The molecule has 1 atom stereocenters. The average Bonchev–Trinajstić information content (AvgIpc) is 2.27. The van der Waals surface area contributed by atoms with E-state index in [0.717, 1.165) is 19.4 Å². The van der Waals surface area contributed by atoms with E-state index in [1.807, 2.05) is 0 Å². The van der Waals surface area contributed by atoms with Crippen molar-refractivity contribution >= 4 is 9.84 Å². The second-order valence-electron chi connectivity index (χ2n) is 4.99. The molecule has 100 valence electrons. The SMILES string of the molecule is CCNC(CCS(C)(=O)=O)CC1=CCCCC1. The normalized spacial score (nSPS) is 18.8. The zero-order valence-corrected chi connectivity index (χ0v) is 11.9. The Morgan fingerprint density at radius 1 is 1.41 bits per heavy atom. The van der Waals surface area contributed by atoms with Crippen LogP contribution in [0, 0.1) is 0 Å². The first-order chi connectivity index (χ1) is 8.01. The lowest BCUT2D eigenvalue weighted by Crippen LogP contribution is -2.31. The molecule has 17 heavy (non-hydrogen) atoms. The molecule has 0 aromatic heterocycles. The van der Waals surface area contributed by atoms with Crippen molar-refractivity contribution in [2.75, 3.05) is 18.6 Å². The lowest BCUT2D eigenvalue weighted by Gasteiger charge is -2.21. The summed E-state index contributed by atoms with van der Waals surface area (Å²) in [4.78, 5) is 0. The molecule has 0 saturated carbocycles. The predicted molar refractivity (Wildman–Crippen MR) is 73.0 cm³/mol. The molecule has 0 bridgehead atoms. The fourth-order valence-corrected chi connectivity index (χ4v) is 3.04. The van der Waals surface area contributed by atoms with Crippen molar-refractivity contribution in [3.05, 3.63) is 11.6 Å². The highest BCUT2D eigenvalue weighted by atomic mass is 32.2. The number of allylic oxidation sites excluding steroid dienone is 1. The Hall–Kier alpha value is -0.350. The first-order valence-corrected chi connectivity index (χ1v) is 8.66. The molecule has 0 aromatic rings. The Kier molecular flexibility index (Phi) is 6.20. The van der Waals surface area contributed by atoms with Crippen LogP contribution in [0.4, 0.5) is 0 Å². The summed E-state index contributed by atoms with van der Waals surface area (Å²) in [6.07, 6.45) is 10.4. The van der Waals surface area contributed by atoms with E-state index in [2.05, 4.69) is 18.3 Å². The van der Waals surface area contributed by atoms with Gasteiger partial charge >= 0.3 is 0 Å². The summed E-state index contributed by atoms with van der Waals surface area (Å²) in [7, 11) is -2.84. The number of hydrogen-bond donors (Lipinski definition) is 1. The van der Waals surface area contributed by atoms with Crippen LogP contribution in [0.1, 0.15) is 45.4 Å². The number of nitrogens with one attached hydrogen (secondary N) is 1. The van der Waals surface area contributed by atoms with E-state index in [9.17, 15) is 8.42 Å². The van der Waals surface area contributed by atoms with Gasteiger partial charge in [-0.3, -0.25) is 0 Å². The molecule has 1 N–H and O–H groups in total. The maximum Gasteiger partial charge on any atom is 0.147 e. The lowest BCUT2D eigenvalue weighted by atomic mass is 9.93. The van der Waals surface area contributed by atoms with Gasteiger partial charge in [0.05, 0.1) is 5.75 Å². The summed E-state index contributed by atoms with van der Waals surface area (Å²) >= 11 is 0. The van der Waals surface area contributed by atoms with Gasteiger partial charge in [0, 0.05) is 12.3 Å². The van der Waals surface area contributed by atoms with Crippen molar-refractivity contribution in [1.29, 1.82) is 0 Å². The molecule has 0 heterocycles. The van der Waals surface area contributed by atoms with E-state index in [0.29, 0.717) is 6.04 Å². The van der Waals surface area contributed by atoms with Gasteiger partial charge in [0.25, 0.3) is 0 Å². The van der Waals surface area contributed by atoms with Crippen LogP contribution in [-0.4, -0.2) is 33.0 Å². The summed E-state index contributed by atoms with van der Waals surface area (Å²) in [5.41, 5.74) is 1.51. The topological polar surface area (TPSA) is 46.2 Å². The maximum absolute atomic E-state index is 11.2. The second kappa shape index (κ2) is 7.17. The van der Waals surface area contributed by atoms with Crippen molar-refractivity contribution in [3.8, 4) is 0 Å². The summed E-state index contributed by atoms with van der Waals surface area (Å²) in [6.45, 7) is 2.98. The summed E-state index contributed by atoms with van der Waals surface area (Å²) in [5, 5.41) is 3.40. The minimum absolute atomic E-state index is 0.290. The number of hydrogen-bond acceptors (Lipinski definition) is 3. The van der Waals surface area contributed by atoms with Crippen LogP contribution in [0.15, 0.2) is 11.6 Å². The highest BCUT2D eigenvalue weighted by molar-refractivity contribution is 7.90. The minimum atomic E-state index is -2.84. The zero-order valence-electron chi connectivity index (χ0n) is 11.0. The van der Waals surface area contributed by atoms with Crippen molar-refractivity contribution < 1.29 is 8.42 Å². The highest BCUT2D eigenvalue weighted by Gasteiger charge is 2.14. The molecule has 0 aliphatic heterocycles. The molecule has 4 heteroatoms. The van der Waals surface area contributed by atoms with Gasteiger partial charge in [0.15, 0.2) is 0 Å². The van der Waals surface area contributed by atoms with Gasteiger partial charge in [-0.05, 0) is 45.1 Å². The summed E-state index contributed by atoms with van der Waals surface area (Å²) in [6, 6.07) is 0.319. The Morgan fingerprint density at radius 2 is 2.18 bits per heavy atom. The van der Waals surface area contributed by atoms with E-state index < -0.39 is 9.84 Å². The molecular formula is C13H25NO2S. The largest absolute Gasteiger partial charge is 0.314 e. The molecule has 1 rings (SSSR count). The summed E-state index contributed by atoms with van der Waals surface area (Å²) < 4.78 is 22.4. The first kappa shape index (κ1) is 14.7. The monoisotopic (exact) mass is 259 g/mol. The van der Waals surface area contributed by atoms with E-state index in [4.69, 9.17) is 0 Å². The second-order valence-corrected chi connectivity index (χ2v) is 7.25. The molecule has 0 amide bonds. The van der Waals surface area contributed by atoms with Gasteiger partial charge < -0.3 is 5.32 Å². The van der Waals surface area contributed by atoms with Gasteiger partial charge in [-0.1, -0.05) is 18.6 Å². The van der Waals surface area contributed by atoms with Crippen molar-refractivity contribution in [1.82, 2.24) is 5.32 Å². The standard InChI is InChI=1S/C13H25NO2S/c1-3-14-13(9-10-17(2,15)16)11-12-7-5-4-6-8-12/h7,13-14H,3-6,8-11H2,1-2H3. The Morgan fingerprint density at radius 3 is 2.71 bits per heavy atom. The Bertz CT molecular complexity index is 346. The van der Waals surface area contributed by atoms with Crippen molar-refractivity contribution in [2.24, 2.45) is 0 Å². The molecule has 3 nitrogen and oxygen atoms in total. The van der Waals surface area contributed by atoms with Crippen LogP contribution >= 0.6 is 0 Å². The van der Waals surface area contributed by atoms with Crippen LogP contribution in [-0.2, 0) is 9.84 Å². The van der Waals surface area contributed by atoms with E-state index in [1.54, 1.807) is 0 Å². The third kappa shape index (κ3) is 6.84. The predicted octanol–water partition coefficient (Wildman–Crippen LogP) is 2.29. The maximum atomic E-state index is 11.2. The quantitative estimate of drug-likeness (QED) is 0.714. The van der Waals surface area contributed by atoms with Crippen LogP contribution in [0.3, 0.4) is 0 Å². The van der Waals surface area contributed by atoms with E-state index in [1.165, 1.54) is 37.5 Å². The average molecular weight is 259 g/mol. The highest BCUT2D eigenvalue weighted by Crippen LogP contribution is 2.22. The zero-order chi connectivity index (χ0) is 12.7. The Balaban J connectivity index is 2.44. The van der Waals surface area contributed by atoms with Crippen LogP contribution in [0.2, 0.25) is 0 Å². The molecule has 0 aromatic carbocycles. The molecular weight excluding hydrogens is 234 g/mol. The van der Waals surface area contributed by atoms with Crippen LogP contribution < -0.4 is 5.32 Å². The smallest absolute Gasteiger partial charge is 0.147 e. The molecule has 0 spiro atoms. The Labute approximate surface area is 106 Å². The molecule has 0 fully saturated rings. The van der Waals surface area contributed by atoms with Crippen molar-refractivity contribution in [3.63, 3.8) is 0 Å². The number of rotatable bonds is 7. The van der Waals surface area contributed by atoms with Gasteiger partial charge in [-0.25, -0.2) is 8.42 Å². The molecule has 0 radical (unpaired) electrons. The van der Waals surface area contributed by atoms with Crippen LogP contribution in [0.5, 0.6) is 0 Å². The van der Waals surface area contributed by atoms with Crippen molar-refractivity contribution in [2.45, 2.75) is 51.5 Å².